The smallest absolute Gasteiger partial charge is 0.267 e. The number of anilines is 1. The van der Waals surface area contributed by atoms with Crippen molar-refractivity contribution < 1.29 is 14.4 Å². The van der Waals surface area contributed by atoms with Gasteiger partial charge in [-0.15, -0.1) is 0 Å². The molecule has 2 aromatic carbocycles. The van der Waals surface area contributed by atoms with E-state index in [1.165, 1.54) is 6.21 Å². The standard InChI is InChI=1S/C18H17N3O3/c1-13(18(22)21-16-8-5-6-14(10-16)11-19)24-20-12-15-7-3-4-9-17(15)23-2/h3-10,12-13H,1-2H3,(H,21,22)/b20-12-/t13-/m0/s1. The van der Waals surface area contributed by atoms with E-state index in [2.05, 4.69) is 10.5 Å². The average molecular weight is 323 g/mol. The number of nitrogens with one attached hydrogen (secondary N) is 1. The number of benzene rings is 2. The van der Waals surface area contributed by atoms with Crippen LogP contribution in [0.3, 0.4) is 0 Å². The fourth-order valence-electron chi connectivity index (χ4n) is 1.91. The van der Waals surface area contributed by atoms with Gasteiger partial charge in [0.1, 0.15) is 5.75 Å². The Kier molecular flexibility index (Phi) is 5.92. The van der Waals surface area contributed by atoms with Crippen LogP contribution < -0.4 is 10.1 Å². The summed E-state index contributed by atoms with van der Waals surface area (Å²) in [6.45, 7) is 1.59. The maximum Gasteiger partial charge on any atom is 0.267 e. The highest BCUT2D eigenvalue weighted by Crippen LogP contribution is 2.15. The van der Waals surface area contributed by atoms with Gasteiger partial charge in [-0.25, -0.2) is 0 Å². The Bertz CT molecular complexity index is 781. The molecule has 0 saturated heterocycles. The van der Waals surface area contributed by atoms with Gasteiger partial charge in [0.05, 0.1) is 25.0 Å². The summed E-state index contributed by atoms with van der Waals surface area (Å²) in [5, 5.41) is 15.4. The molecule has 0 aliphatic carbocycles. The fourth-order valence-corrected chi connectivity index (χ4v) is 1.91. The number of rotatable bonds is 6. The lowest BCUT2D eigenvalue weighted by molar-refractivity contribution is -0.126. The van der Waals surface area contributed by atoms with Crippen molar-refractivity contribution in [2.45, 2.75) is 13.0 Å². The summed E-state index contributed by atoms with van der Waals surface area (Å²) in [4.78, 5) is 17.2. The van der Waals surface area contributed by atoms with Crippen molar-refractivity contribution in [2.75, 3.05) is 12.4 Å². The Morgan fingerprint density at radius 2 is 2.08 bits per heavy atom. The van der Waals surface area contributed by atoms with Crippen LogP contribution in [0.15, 0.2) is 53.7 Å². The van der Waals surface area contributed by atoms with Crippen LogP contribution >= 0.6 is 0 Å². The lowest BCUT2D eigenvalue weighted by Gasteiger charge is -2.10. The Balaban J connectivity index is 1.94. The van der Waals surface area contributed by atoms with Crippen molar-refractivity contribution in [3.05, 3.63) is 59.7 Å². The molecule has 0 spiro atoms. The Labute approximate surface area is 140 Å². The molecule has 2 rings (SSSR count). The van der Waals surface area contributed by atoms with E-state index in [9.17, 15) is 4.79 Å². The van der Waals surface area contributed by atoms with Gasteiger partial charge in [0.2, 0.25) is 6.10 Å². The number of ether oxygens (including phenoxy) is 1. The first kappa shape index (κ1) is 17.0. The van der Waals surface area contributed by atoms with Gasteiger partial charge in [-0.2, -0.15) is 5.26 Å². The number of hydrogen-bond donors (Lipinski definition) is 1. The summed E-state index contributed by atoms with van der Waals surface area (Å²) < 4.78 is 5.20. The molecule has 0 unspecified atom stereocenters. The van der Waals surface area contributed by atoms with Gasteiger partial charge in [0.15, 0.2) is 0 Å². The number of nitriles is 1. The summed E-state index contributed by atoms with van der Waals surface area (Å²) in [7, 11) is 1.57. The molecule has 1 atom stereocenters. The van der Waals surface area contributed by atoms with Crippen molar-refractivity contribution in [1.29, 1.82) is 5.26 Å². The first-order valence-electron chi connectivity index (χ1n) is 7.27. The van der Waals surface area contributed by atoms with E-state index < -0.39 is 6.10 Å². The molecule has 122 valence electrons. The van der Waals surface area contributed by atoms with E-state index in [0.717, 1.165) is 5.56 Å². The number of carbonyl (C=O) groups excluding carboxylic acids is 1. The molecule has 2 aromatic rings. The zero-order valence-corrected chi connectivity index (χ0v) is 13.4. The van der Waals surface area contributed by atoms with E-state index in [0.29, 0.717) is 17.0 Å². The minimum absolute atomic E-state index is 0.359. The van der Waals surface area contributed by atoms with Crippen molar-refractivity contribution >= 4 is 17.8 Å². The average Bonchev–Trinajstić information content (AvgIpc) is 2.62. The molecule has 0 aliphatic rings. The number of hydrogen-bond acceptors (Lipinski definition) is 5. The summed E-state index contributed by atoms with van der Waals surface area (Å²) in [5.41, 5.74) is 1.74. The van der Waals surface area contributed by atoms with Crippen LogP contribution in [0, 0.1) is 11.3 Å². The second kappa shape index (κ2) is 8.34. The molecule has 6 heteroatoms. The van der Waals surface area contributed by atoms with E-state index in [1.807, 2.05) is 24.3 Å². The number of nitrogens with zero attached hydrogens (tertiary/aromatic N) is 2. The van der Waals surface area contributed by atoms with E-state index in [1.54, 1.807) is 44.4 Å². The molecule has 0 heterocycles. The van der Waals surface area contributed by atoms with Crippen LogP contribution in [0.4, 0.5) is 5.69 Å². The Morgan fingerprint density at radius 1 is 1.29 bits per heavy atom. The predicted octanol–water partition coefficient (Wildman–Crippen LogP) is 2.94. The zero-order valence-electron chi connectivity index (χ0n) is 13.4. The molecule has 0 bridgehead atoms. The van der Waals surface area contributed by atoms with Gasteiger partial charge in [0, 0.05) is 11.3 Å². The van der Waals surface area contributed by atoms with Crippen molar-refractivity contribution in [1.82, 2.24) is 0 Å². The summed E-state index contributed by atoms with van der Waals surface area (Å²) >= 11 is 0. The summed E-state index contributed by atoms with van der Waals surface area (Å²) in [6, 6.07) is 16.0. The van der Waals surface area contributed by atoms with Crippen LogP contribution in [0.25, 0.3) is 0 Å². The van der Waals surface area contributed by atoms with E-state index >= 15 is 0 Å². The van der Waals surface area contributed by atoms with Gasteiger partial charge in [-0.3, -0.25) is 4.79 Å². The highest BCUT2D eigenvalue weighted by atomic mass is 16.6. The van der Waals surface area contributed by atoms with Crippen LogP contribution in [0.5, 0.6) is 5.75 Å². The van der Waals surface area contributed by atoms with Gasteiger partial charge in [-0.1, -0.05) is 23.4 Å². The zero-order chi connectivity index (χ0) is 17.4. The third-order valence-electron chi connectivity index (χ3n) is 3.18. The minimum atomic E-state index is -0.790. The van der Waals surface area contributed by atoms with Gasteiger partial charge in [-0.05, 0) is 37.3 Å². The van der Waals surface area contributed by atoms with Gasteiger partial charge >= 0.3 is 0 Å². The number of oxime groups is 1. The maximum atomic E-state index is 12.1. The van der Waals surface area contributed by atoms with Crippen LogP contribution in [-0.4, -0.2) is 25.3 Å². The third kappa shape index (κ3) is 4.58. The molecule has 1 amide bonds. The highest BCUT2D eigenvalue weighted by Gasteiger charge is 2.14. The molecule has 0 fully saturated rings. The molecule has 6 nitrogen and oxygen atoms in total. The SMILES string of the molecule is COc1ccccc1/C=N\O[C@@H](C)C(=O)Nc1cccc(C#N)c1. The number of methoxy groups -OCH3 is 1. The first-order chi connectivity index (χ1) is 11.6. The quantitative estimate of drug-likeness (QED) is 0.654. The van der Waals surface area contributed by atoms with Crippen molar-refractivity contribution in [3.63, 3.8) is 0 Å². The van der Waals surface area contributed by atoms with E-state index in [-0.39, 0.29) is 5.91 Å². The molecular weight excluding hydrogens is 306 g/mol. The maximum absolute atomic E-state index is 12.1. The molecule has 0 aliphatic heterocycles. The van der Waals surface area contributed by atoms with Crippen LogP contribution in [0.1, 0.15) is 18.1 Å². The van der Waals surface area contributed by atoms with E-state index in [4.69, 9.17) is 14.8 Å². The normalized spacial score (nSPS) is 11.5. The third-order valence-corrected chi connectivity index (χ3v) is 3.18. The number of amides is 1. The summed E-state index contributed by atoms with van der Waals surface area (Å²) in [6.07, 6.45) is 0.695. The molecule has 0 aromatic heterocycles. The predicted molar refractivity (Wildman–Crippen MR) is 90.9 cm³/mol. The molecule has 0 radical (unpaired) electrons. The molecule has 1 N–H and O–H groups in total. The number of para-hydroxylation sites is 1. The van der Waals surface area contributed by atoms with Gasteiger partial charge in [0.25, 0.3) is 5.91 Å². The van der Waals surface area contributed by atoms with Crippen LogP contribution in [0.2, 0.25) is 0 Å². The second-order valence-corrected chi connectivity index (χ2v) is 4.91. The molecule has 0 saturated carbocycles. The lowest BCUT2D eigenvalue weighted by Crippen LogP contribution is -2.26. The largest absolute Gasteiger partial charge is 0.496 e. The molecular formula is C18H17N3O3. The minimum Gasteiger partial charge on any atom is -0.496 e. The Morgan fingerprint density at radius 3 is 2.83 bits per heavy atom. The fraction of sp³-hybridized carbons (Fsp3) is 0.167. The highest BCUT2D eigenvalue weighted by molar-refractivity contribution is 5.94. The van der Waals surface area contributed by atoms with Crippen LogP contribution in [-0.2, 0) is 9.63 Å². The topological polar surface area (TPSA) is 83.7 Å². The summed E-state index contributed by atoms with van der Waals surface area (Å²) in [5.74, 6) is 0.303. The van der Waals surface area contributed by atoms with Crippen molar-refractivity contribution in [3.8, 4) is 11.8 Å². The number of carbonyl (C=O) groups is 1. The monoisotopic (exact) mass is 323 g/mol. The van der Waals surface area contributed by atoms with Crippen molar-refractivity contribution in [2.24, 2.45) is 5.16 Å². The first-order valence-corrected chi connectivity index (χ1v) is 7.27. The lowest BCUT2D eigenvalue weighted by atomic mass is 10.2. The van der Waals surface area contributed by atoms with Gasteiger partial charge < -0.3 is 14.9 Å². The second-order valence-electron chi connectivity index (χ2n) is 4.91. The molecule has 24 heavy (non-hydrogen) atoms. The Hall–Kier alpha value is -3.33.